The zero-order chi connectivity index (χ0) is 78.6. The number of fused-ring (bicyclic) bond motifs is 36. The third-order valence-corrected chi connectivity index (χ3v) is 18.8. The van der Waals surface area contributed by atoms with E-state index in [1.165, 1.54) is 31.3 Å². The van der Waals surface area contributed by atoms with Gasteiger partial charge in [0, 0.05) is 96.8 Å². The molecule has 0 saturated carbocycles. The first kappa shape index (κ1) is 83.5. The molecule has 2 bridgehead atoms. The Morgan fingerprint density at radius 1 is 0.645 bits per heavy atom. The first-order valence-electron chi connectivity index (χ1n) is 36.2. The summed E-state index contributed by atoms with van der Waals surface area (Å²) < 4.78 is 0. The van der Waals surface area contributed by atoms with Crippen molar-refractivity contribution >= 4 is 105 Å². The number of hydrogen-bond donors (Lipinski definition) is 18. The number of carboxylic acids is 1. The van der Waals surface area contributed by atoms with E-state index in [4.69, 9.17) is 5.73 Å². The molecule has 2 aromatic carbocycles. The molecule has 6 heterocycles. The molecule has 1 unspecified atom stereocenters. The number of benzene rings is 2. The van der Waals surface area contributed by atoms with Gasteiger partial charge in [-0.05, 0) is 108 Å². The van der Waals surface area contributed by atoms with Gasteiger partial charge in [-0.3, -0.25) is 67.1 Å². The number of nitrogens with two attached hydrogens (primary N) is 1. The highest BCUT2D eigenvalue weighted by Crippen LogP contribution is 2.27. The molecule has 3 fully saturated rings. The number of amides is 13. The quantitative estimate of drug-likeness (QED) is 0.0448. The second kappa shape index (κ2) is 38.0. The number of carbonyl (C=O) groups is 14. The van der Waals surface area contributed by atoms with Crippen molar-refractivity contribution in [3.8, 4) is 0 Å². The summed E-state index contributed by atoms with van der Waals surface area (Å²) in [4.78, 5) is 215. The highest BCUT2D eigenvalue weighted by atomic mass is 16.4. The lowest BCUT2D eigenvalue weighted by molar-refractivity contribution is -0.143. The van der Waals surface area contributed by atoms with E-state index < -0.39 is 186 Å². The maximum Gasteiger partial charge on any atom is 0.303 e. The molecule has 3 aliphatic rings. The fourth-order valence-corrected chi connectivity index (χ4v) is 13.0. The molecule has 0 spiro atoms. The van der Waals surface area contributed by atoms with Crippen LogP contribution in [0.25, 0.3) is 21.8 Å². The van der Waals surface area contributed by atoms with E-state index in [1.807, 2.05) is 6.07 Å². The summed E-state index contributed by atoms with van der Waals surface area (Å²) in [5.74, 6) is -13.7. The lowest BCUT2D eigenvalue weighted by Gasteiger charge is -2.42. The lowest BCUT2D eigenvalue weighted by atomic mass is 9.85. The number of imidazole rings is 1. The SMILES string of the molecule is CCC[C@@H]1NC(=O)[C@H](CCC(=O)O)NC(=O)CNC(=O)[C@H](CC(C)C)NC(=O)[C@H](Cc2cnc[nH]2)NC(=O)[C@H](Cc2c[nH]c3ccccc23)NC(=O)[C@H](C)NC(=O)[C@@H](NC(C)(C)C)CCC(=O)N2CCC(C(=O)N[C@H](C(N)=O)C(C)O)(CC2)NC(=O)[C@H](Cc2c[nH]c3ccccc23)NC(=O)[C@H](C(C)C)NC1=O. The Bertz CT molecular complexity index is 4000. The number of aliphatic hydroxyl groups excluding tert-OH is 1. The second-order valence-corrected chi connectivity index (χ2v) is 29.4. The number of aromatic nitrogens is 4. The summed E-state index contributed by atoms with van der Waals surface area (Å²) in [7, 11) is 0. The minimum atomic E-state index is -1.98. The lowest BCUT2D eigenvalue weighted by Crippen LogP contribution is -2.68. The number of carboxylic acid groups (broad SMARTS) is 1. The average molecular weight is 1490 g/mol. The van der Waals surface area contributed by atoms with Gasteiger partial charge in [0.15, 0.2) is 0 Å². The Labute approximate surface area is 619 Å². The standard InChI is InChI=1S/C73H104N18O16/c1-11-16-49-65(101)87-59(39(4)5)70(106)86-54(31-43-34-77-48-20-15-13-18-46(43)48)69(105)90-73(71(107)88-60(41(7)92)61(74)97)25-27-91(28-26-73)57(94)23-21-51(89-72(8,9)10)66(102)80-40(6)62(98)83-53(30-42-33-76-47-19-14-12-17-45(42)47)67(103)85-55(32-44-35-75-37-79-44)68(104)84-52(29-38(2)3)63(99)78-36-56(93)81-50(64(100)82-49)22-24-58(95)96/h12-15,17-20,33-35,37-41,49-55,59-60,76-77,89,92H,11,16,21-32,36H2,1-10H3,(H2,74,97)(H,75,79)(H,78,99)(H,80,102)(H,81,93)(H,82,100)(H,83,98)(H,84,104)(H,85,103)(H,86,106)(H,87,101)(H,88,107)(H,90,105)(H,95,96)/t40-,41?,49-,50-,51-,52-,53-,54-,55-,59-,60-/m0/s1. The zero-order valence-corrected chi connectivity index (χ0v) is 62.1. The predicted octanol–water partition coefficient (Wildman–Crippen LogP) is -0.840. The van der Waals surface area contributed by atoms with Gasteiger partial charge in [-0.15, -0.1) is 0 Å². The Morgan fingerprint density at radius 3 is 1.72 bits per heavy atom. The number of para-hydroxylation sites is 2. The molecule has 3 aromatic heterocycles. The zero-order valence-electron chi connectivity index (χ0n) is 62.1. The fourth-order valence-electron chi connectivity index (χ4n) is 13.0. The molecule has 582 valence electrons. The fraction of sp³-hybridized carbons (Fsp3) is 0.548. The Hall–Kier alpha value is -10.8. The number of rotatable bonds is 19. The maximum absolute atomic E-state index is 15.3. The topological polar surface area (TPSA) is 513 Å². The van der Waals surface area contributed by atoms with Gasteiger partial charge in [-0.1, -0.05) is 77.4 Å². The maximum atomic E-state index is 15.3. The molecule has 34 nitrogen and oxygen atoms in total. The highest BCUT2D eigenvalue weighted by Gasteiger charge is 2.47. The highest BCUT2D eigenvalue weighted by molar-refractivity contribution is 6.01. The number of nitrogens with zero attached hydrogens (tertiary/aromatic N) is 2. The van der Waals surface area contributed by atoms with Crippen molar-refractivity contribution in [1.29, 1.82) is 0 Å². The van der Waals surface area contributed by atoms with Crippen molar-refractivity contribution in [2.24, 2.45) is 17.6 Å². The number of aliphatic carboxylic acids is 1. The van der Waals surface area contributed by atoms with Crippen molar-refractivity contribution in [1.82, 2.24) is 88.6 Å². The number of carbonyl (C=O) groups excluding carboxylic acids is 13. The van der Waals surface area contributed by atoms with Crippen LogP contribution in [0.15, 0.2) is 73.4 Å². The van der Waals surface area contributed by atoms with Crippen LogP contribution in [-0.4, -0.2) is 215 Å². The number of hydrogen-bond acceptors (Lipinski definition) is 17. The van der Waals surface area contributed by atoms with E-state index in [1.54, 1.807) is 110 Å². The Kier molecular flexibility index (Phi) is 29.6. The number of nitrogens with one attached hydrogen (secondary N) is 15. The van der Waals surface area contributed by atoms with Crippen LogP contribution in [0.3, 0.4) is 0 Å². The molecule has 19 N–H and O–H groups in total. The van der Waals surface area contributed by atoms with Crippen LogP contribution in [0.4, 0.5) is 0 Å². The van der Waals surface area contributed by atoms with E-state index >= 15 is 4.79 Å². The molecule has 8 rings (SSSR count). The van der Waals surface area contributed by atoms with Crippen molar-refractivity contribution < 1.29 is 77.3 Å². The van der Waals surface area contributed by atoms with Gasteiger partial charge in [0.1, 0.15) is 59.9 Å². The van der Waals surface area contributed by atoms with Crippen molar-refractivity contribution in [2.45, 2.75) is 224 Å². The van der Waals surface area contributed by atoms with Crippen LogP contribution >= 0.6 is 0 Å². The molecule has 5 aromatic rings. The molecule has 0 aliphatic carbocycles. The van der Waals surface area contributed by atoms with Crippen LogP contribution in [0.5, 0.6) is 0 Å². The molecule has 34 heteroatoms. The van der Waals surface area contributed by atoms with Gasteiger partial charge in [0.2, 0.25) is 76.8 Å². The van der Waals surface area contributed by atoms with Gasteiger partial charge in [0.25, 0.3) is 0 Å². The summed E-state index contributed by atoms with van der Waals surface area (Å²) in [5, 5.41) is 54.3. The van der Waals surface area contributed by atoms with Crippen LogP contribution in [0.1, 0.15) is 144 Å². The van der Waals surface area contributed by atoms with Gasteiger partial charge < -0.3 is 99.6 Å². The Morgan fingerprint density at radius 2 is 1.18 bits per heavy atom. The van der Waals surface area contributed by atoms with Gasteiger partial charge in [-0.25, -0.2) is 4.98 Å². The van der Waals surface area contributed by atoms with E-state index in [2.05, 4.69) is 83.7 Å². The van der Waals surface area contributed by atoms with Gasteiger partial charge in [0.05, 0.1) is 25.0 Å². The normalized spacial score (nSPS) is 24.5. The molecule has 13 amide bonds. The third-order valence-electron chi connectivity index (χ3n) is 18.8. The van der Waals surface area contributed by atoms with Crippen LogP contribution in [-0.2, 0) is 86.4 Å². The van der Waals surface area contributed by atoms with Crippen LogP contribution in [0.2, 0.25) is 0 Å². The first-order valence-corrected chi connectivity index (χ1v) is 36.2. The monoisotopic (exact) mass is 1490 g/mol. The van der Waals surface area contributed by atoms with Crippen molar-refractivity contribution in [2.75, 3.05) is 19.6 Å². The van der Waals surface area contributed by atoms with Crippen molar-refractivity contribution in [3.05, 3.63) is 90.3 Å². The molecule has 0 radical (unpaired) electrons. The van der Waals surface area contributed by atoms with Crippen LogP contribution in [0, 0.1) is 11.8 Å². The number of aromatic amines is 3. The van der Waals surface area contributed by atoms with Gasteiger partial charge >= 0.3 is 5.97 Å². The number of H-pyrrole nitrogens is 3. The largest absolute Gasteiger partial charge is 0.481 e. The van der Waals surface area contributed by atoms with Crippen molar-refractivity contribution in [3.63, 3.8) is 0 Å². The molecule has 11 atom stereocenters. The summed E-state index contributed by atoms with van der Waals surface area (Å²) in [6, 6.07) is -0.143. The number of primary amides is 1. The van der Waals surface area contributed by atoms with E-state index in [-0.39, 0.29) is 83.2 Å². The minimum Gasteiger partial charge on any atom is -0.481 e. The number of aliphatic hydroxyl groups is 1. The van der Waals surface area contributed by atoms with E-state index in [9.17, 15) is 72.5 Å². The van der Waals surface area contributed by atoms with Crippen LogP contribution < -0.4 is 69.5 Å². The summed E-state index contributed by atoms with van der Waals surface area (Å²) >= 11 is 0. The third kappa shape index (κ3) is 23.9. The summed E-state index contributed by atoms with van der Waals surface area (Å²) in [6.07, 6.45) is 1.95. The molecule has 3 saturated heterocycles. The second-order valence-electron chi connectivity index (χ2n) is 29.4. The van der Waals surface area contributed by atoms with E-state index in [0.29, 0.717) is 38.6 Å². The average Bonchev–Trinajstić information content (AvgIpc) is 1.37. The molecular weight excluding hydrogens is 1380 g/mol. The first-order chi connectivity index (χ1) is 50.5. The van der Waals surface area contributed by atoms with E-state index in [0.717, 1.165) is 0 Å². The smallest absolute Gasteiger partial charge is 0.303 e. The predicted molar refractivity (Wildman–Crippen MR) is 392 cm³/mol. The Balaban J connectivity index is 1.26. The molecular formula is C73H104N18O16. The minimum absolute atomic E-state index is 0.00745. The number of piperidine rings is 1. The molecule has 107 heavy (non-hydrogen) atoms. The van der Waals surface area contributed by atoms with Gasteiger partial charge in [-0.2, -0.15) is 0 Å². The summed E-state index contributed by atoms with van der Waals surface area (Å²) in [5.41, 5.74) is 5.80. The summed E-state index contributed by atoms with van der Waals surface area (Å²) in [6.45, 7) is 15.2. The molecule has 3 aliphatic heterocycles.